The molecule has 12 heteroatoms. The average Bonchev–Trinajstić information content (AvgIpc) is 2.70. The Labute approximate surface area is 162 Å². The van der Waals surface area contributed by atoms with E-state index in [2.05, 4.69) is 14.7 Å². The first-order valence-corrected chi connectivity index (χ1v) is 8.73. The number of aromatic amines is 1. The molecule has 2 rings (SSSR count). The number of hydrogen-bond acceptors (Lipinski definition) is 10. The van der Waals surface area contributed by atoms with Crippen LogP contribution in [0.3, 0.4) is 0 Å². The van der Waals surface area contributed by atoms with Gasteiger partial charge in [0.2, 0.25) is 0 Å². The normalized spacial score (nSPS) is 10.1. The van der Waals surface area contributed by atoms with Crippen molar-refractivity contribution in [1.29, 1.82) is 5.26 Å². The van der Waals surface area contributed by atoms with E-state index in [1.807, 2.05) is 0 Å². The van der Waals surface area contributed by atoms with Gasteiger partial charge in [-0.3, -0.25) is 14.9 Å². The number of thioether (sulfide) groups is 1. The Morgan fingerprint density at radius 2 is 2.11 bits per heavy atom. The van der Waals surface area contributed by atoms with E-state index in [0.717, 1.165) is 17.8 Å². The highest BCUT2D eigenvalue weighted by Gasteiger charge is 2.26. The van der Waals surface area contributed by atoms with Crippen LogP contribution in [0.5, 0.6) is 11.5 Å². The van der Waals surface area contributed by atoms with Crippen molar-refractivity contribution in [2.75, 3.05) is 27.1 Å². The number of rotatable bonds is 7. The van der Waals surface area contributed by atoms with Crippen molar-refractivity contribution >= 4 is 23.4 Å². The number of benzene rings is 1. The molecule has 1 heterocycles. The molecule has 0 spiro atoms. The minimum absolute atomic E-state index is 0.0428. The summed E-state index contributed by atoms with van der Waals surface area (Å²) in [6.45, 7) is -0.493. The Hall–Kier alpha value is -3.59. The van der Waals surface area contributed by atoms with E-state index >= 15 is 0 Å². The summed E-state index contributed by atoms with van der Waals surface area (Å²) in [5.41, 5.74) is -1.87. The maximum atomic E-state index is 12.1. The Kier molecular flexibility index (Phi) is 6.56. The molecule has 2 aromatic rings. The van der Waals surface area contributed by atoms with Crippen LogP contribution in [0.25, 0.3) is 11.3 Å². The van der Waals surface area contributed by atoms with Crippen LogP contribution >= 0.6 is 11.8 Å². The number of methoxy groups -OCH3 is 2. The number of nitro benzene ring substituents is 1. The van der Waals surface area contributed by atoms with Gasteiger partial charge in [0.1, 0.15) is 17.3 Å². The first-order chi connectivity index (χ1) is 13.4. The smallest absolute Gasteiger partial charge is 0.343 e. The molecule has 0 radical (unpaired) electrons. The molecule has 0 aliphatic carbocycles. The predicted molar refractivity (Wildman–Crippen MR) is 97.5 cm³/mol. The predicted octanol–water partition coefficient (Wildman–Crippen LogP) is 1.50. The van der Waals surface area contributed by atoms with E-state index < -0.39 is 28.7 Å². The summed E-state index contributed by atoms with van der Waals surface area (Å²) in [5, 5.41) is 21.1. The largest absolute Gasteiger partial charge is 0.493 e. The molecule has 146 valence electrons. The van der Waals surface area contributed by atoms with Gasteiger partial charge in [-0.2, -0.15) is 5.26 Å². The molecule has 0 fully saturated rings. The molecular formula is C16H14N4O7S. The summed E-state index contributed by atoms with van der Waals surface area (Å²) in [6.07, 6.45) is 1.65. The minimum Gasteiger partial charge on any atom is -0.493 e. The maximum Gasteiger partial charge on any atom is 0.343 e. The van der Waals surface area contributed by atoms with Gasteiger partial charge in [0.25, 0.3) is 11.2 Å². The SMILES string of the molecule is COC(=O)COc1cc([N+](=O)[O-])c(-c2nc(SC)[nH]c(=O)c2C#N)cc1OC. The number of H-pyrrole nitrogens is 1. The zero-order valence-corrected chi connectivity index (χ0v) is 15.8. The van der Waals surface area contributed by atoms with Gasteiger partial charge in [-0.1, -0.05) is 11.8 Å². The van der Waals surface area contributed by atoms with Crippen LogP contribution in [0.15, 0.2) is 22.1 Å². The fourth-order valence-electron chi connectivity index (χ4n) is 2.21. The van der Waals surface area contributed by atoms with E-state index in [1.165, 1.54) is 20.3 Å². The van der Waals surface area contributed by atoms with Gasteiger partial charge in [-0.25, -0.2) is 9.78 Å². The Morgan fingerprint density at radius 1 is 1.39 bits per heavy atom. The van der Waals surface area contributed by atoms with Crippen molar-refractivity contribution in [2.24, 2.45) is 0 Å². The molecule has 0 amide bonds. The van der Waals surface area contributed by atoms with Crippen molar-refractivity contribution in [2.45, 2.75) is 5.16 Å². The lowest BCUT2D eigenvalue weighted by Crippen LogP contribution is -2.15. The van der Waals surface area contributed by atoms with Crippen molar-refractivity contribution < 1.29 is 23.9 Å². The van der Waals surface area contributed by atoms with Crippen molar-refractivity contribution in [1.82, 2.24) is 9.97 Å². The first-order valence-electron chi connectivity index (χ1n) is 7.51. The fraction of sp³-hybridized carbons (Fsp3) is 0.250. The van der Waals surface area contributed by atoms with E-state index in [1.54, 1.807) is 12.3 Å². The Bertz CT molecular complexity index is 1030. The molecule has 0 atom stereocenters. The number of ether oxygens (including phenoxy) is 3. The molecule has 0 bridgehead atoms. The topological polar surface area (TPSA) is 157 Å². The van der Waals surface area contributed by atoms with E-state index in [9.17, 15) is 25.0 Å². The number of nitrogens with one attached hydrogen (secondary N) is 1. The third-order valence-electron chi connectivity index (χ3n) is 3.51. The van der Waals surface area contributed by atoms with Crippen LogP contribution in [0, 0.1) is 21.4 Å². The van der Waals surface area contributed by atoms with Gasteiger partial charge in [0, 0.05) is 6.07 Å². The minimum atomic E-state index is -0.726. The summed E-state index contributed by atoms with van der Waals surface area (Å²) >= 11 is 1.10. The number of nitrogens with zero attached hydrogens (tertiary/aromatic N) is 3. The Balaban J connectivity index is 2.73. The maximum absolute atomic E-state index is 12.1. The Morgan fingerprint density at radius 3 is 2.64 bits per heavy atom. The van der Waals surface area contributed by atoms with Crippen LogP contribution in [0.2, 0.25) is 0 Å². The van der Waals surface area contributed by atoms with Gasteiger partial charge >= 0.3 is 5.97 Å². The summed E-state index contributed by atoms with van der Waals surface area (Å²) in [7, 11) is 2.46. The van der Waals surface area contributed by atoms with Crippen LogP contribution in [-0.2, 0) is 9.53 Å². The molecule has 28 heavy (non-hydrogen) atoms. The monoisotopic (exact) mass is 406 g/mol. The molecule has 0 saturated heterocycles. The van der Waals surface area contributed by atoms with Gasteiger partial charge < -0.3 is 19.2 Å². The molecule has 11 nitrogen and oxygen atoms in total. The molecule has 0 aliphatic rings. The molecule has 1 aromatic carbocycles. The summed E-state index contributed by atoms with van der Waals surface area (Å²) in [6, 6.07) is 3.96. The number of nitriles is 1. The van der Waals surface area contributed by atoms with Crippen molar-refractivity contribution in [3.63, 3.8) is 0 Å². The fourth-order valence-corrected chi connectivity index (χ4v) is 2.58. The van der Waals surface area contributed by atoms with Crippen LogP contribution in [-0.4, -0.2) is 47.9 Å². The van der Waals surface area contributed by atoms with Crippen LogP contribution in [0.4, 0.5) is 5.69 Å². The van der Waals surface area contributed by atoms with Gasteiger partial charge in [0.05, 0.1) is 30.8 Å². The van der Waals surface area contributed by atoms with Crippen molar-refractivity contribution in [3.8, 4) is 28.8 Å². The molecule has 1 aromatic heterocycles. The number of nitro groups is 1. The molecular weight excluding hydrogens is 392 g/mol. The van der Waals surface area contributed by atoms with E-state index in [4.69, 9.17) is 9.47 Å². The second-order valence-corrected chi connectivity index (χ2v) is 5.85. The highest BCUT2D eigenvalue weighted by molar-refractivity contribution is 7.98. The summed E-state index contributed by atoms with van der Waals surface area (Å²) < 4.78 is 14.9. The number of esters is 1. The van der Waals surface area contributed by atoms with Crippen LogP contribution < -0.4 is 15.0 Å². The molecule has 0 aliphatic heterocycles. The van der Waals surface area contributed by atoms with Crippen LogP contribution in [0.1, 0.15) is 5.56 Å². The zero-order chi connectivity index (χ0) is 20.8. The first kappa shape index (κ1) is 20.7. The number of carbonyl (C=O) groups is 1. The number of aromatic nitrogens is 2. The highest BCUT2D eigenvalue weighted by Crippen LogP contribution is 2.40. The van der Waals surface area contributed by atoms with Crippen molar-refractivity contribution in [3.05, 3.63) is 38.2 Å². The number of carbonyl (C=O) groups excluding carboxylic acids is 1. The third-order valence-corrected chi connectivity index (χ3v) is 4.09. The highest BCUT2D eigenvalue weighted by atomic mass is 32.2. The molecule has 1 N–H and O–H groups in total. The summed E-state index contributed by atoms with van der Waals surface area (Å²) in [5.74, 6) is -0.737. The average molecular weight is 406 g/mol. The van der Waals surface area contributed by atoms with E-state index in [-0.39, 0.29) is 33.5 Å². The van der Waals surface area contributed by atoms with Gasteiger partial charge in [0.15, 0.2) is 23.3 Å². The lowest BCUT2D eigenvalue weighted by Gasteiger charge is -2.13. The standard InChI is InChI=1S/C16H14N4O7S/c1-25-11-4-8(14-9(6-17)15(22)19-16(18-14)28-3)10(20(23)24)5-12(11)27-7-13(21)26-2/h4-5H,7H2,1-3H3,(H,18,19,22). The lowest BCUT2D eigenvalue weighted by atomic mass is 10.0. The third kappa shape index (κ3) is 4.21. The second kappa shape index (κ2) is 8.87. The van der Waals surface area contributed by atoms with Gasteiger partial charge in [-0.05, 0) is 6.26 Å². The number of hydrogen-bond donors (Lipinski definition) is 1. The lowest BCUT2D eigenvalue weighted by molar-refractivity contribution is -0.384. The second-order valence-electron chi connectivity index (χ2n) is 5.05. The summed E-state index contributed by atoms with van der Waals surface area (Å²) in [4.78, 5) is 40.8. The zero-order valence-electron chi connectivity index (χ0n) is 15.0. The van der Waals surface area contributed by atoms with E-state index in [0.29, 0.717) is 0 Å². The quantitative estimate of drug-likeness (QED) is 0.235. The molecule has 0 unspecified atom stereocenters. The molecule has 0 saturated carbocycles. The van der Waals surface area contributed by atoms with Gasteiger partial charge in [-0.15, -0.1) is 0 Å².